The van der Waals surface area contributed by atoms with Gasteiger partial charge >= 0.3 is 0 Å². The molecule has 7 nitrogen and oxygen atoms in total. The number of amides is 3. The molecule has 0 atom stereocenters. The van der Waals surface area contributed by atoms with E-state index in [-0.39, 0.29) is 24.3 Å². The van der Waals surface area contributed by atoms with Crippen LogP contribution in [0, 0.1) is 0 Å². The number of hydrogen-bond acceptors (Lipinski definition) is 4. The lowest BCUT2D eigenvalue weighted by molar-refractivity contribution is -0.117. The largest absolute Gasteiger partial charge is 0.497 e. The number of nitrogens with one attached hydrogen (secondary N) is 2. The van der Waals surface area contributed by atoms with E-state index in [1.165, 1.54) is 4.90 Å². The molecular formula is C20H23N3O4. The predicted molar refractivity (Wildman–Crippen MR) is 104 cm³/mol. The normalized spacial score (nSPS) is 10.0. The van der Waals surface area contributed by atoms with Gasteiger partial charge in [0.05, 0.1) is 13.7 Å². The number of benzene rings is 2. The summed E-state index contributed by atoms with van der Waals surface area (Å²) in [5.74, 6) is -0.147. The van der Waals surface area contributed by atoms with E-state index in [2.05, 4.69) is 10.6 Å². The van der Waals surface area contributed by atoms with E-state index in [1.54, 1.807) is 69.6 Å². The van der Waals surface area contributed by atoms with Crippen LogP contribution in [-0.4, -0.2) is 43.3 Å². The first kappa shape index (κ1) is 20.0. The Morgan fingerprint density at radius 3 is 2.26 bits per heavy atom. The lowest BCUT2D eigenvalue weighted by atomic mass is 10.1. The molecule has 0 aliphatic rings. The van der Waals surface area contributed by atoms with Gasteiger partial charge in [-0.2, -0.15) is 0 Å². The van der Waals surface area contributed by atoms with Gasteiger partial charge < -0.3 is 20.3 Å². The zero-order chi connectivity index (χ0) is 19.8. The monoisotopic (exact) mass is 369 g/mol. The number of nitrogens with zero attached hydrogens (tertiary/aromatic N) is 1. The Balaban J connectivity index is 1.99. The van der Waals surface area contributed by atoms with Gasteiger partial charge in [0.15, 0.2) is 0 Å². The van der Waals surface area contributed by atoms with E-state index in [4.69, 9.17) is 4.74 Å². The van der Waals surface area contributed by atoms with Gasteiger partial charge in [0.1, 0.15) is 5.75 Å². The van der Waals surface area contributed by atoms with E-state index >= 15 is 0 Å². The zero-order valence-electron chi connectivity index (χ0n) is 15.6. The van der Waals surface area contributed by atoms with Crippen molar-refractivity contribution < 1.29 is 19.1 Å². The first-order valence-electron chi connectivity index (χ1n) is 8.52. The van der Waals surface area contributed by atoms with Gasteiger partial charge in [-0.05, 0) is 30.3 Å². The second kappa shape index (κ2) is 9.38. The first-order valence-corrected chi connectivity index (χ1v) is 8.52. The third kappa shape index (κ3) is 5.85. The number of anilines is 2. The standard InChI is InChI=1S/C20H23N3O4/c1-4-18(24)21-15-8-5-7-14(11-15)20(26)23(2)13-19(25)22-16-9-6-10-17(12-16)27-3/h5-12H,4,13H2,1-3H3,(H,21,24)(H,22,25). The van der Waals surface area contributed by atoms with Crippen molar-refractivity contribution in [2.45, 2.75) is 13.3 Å². The molecule has 0 spiro atoms. The summed E-state index contributed by atoms with van der Waals surface area (Å²) >= 11 is 0. The molecule has 27 heavy (non-hydrogen) atoms. The summed E-state index contributed by atoms with van der Waals surface area (Å²) in [6.07, 6.45) is 0.350. The minimum atomic E-state index is -0.324. The molecule has 142 valence electrons. The minimum absolute atomic E-state index is 0.110. The maximum Gasteiger partial charge on any atom is 0.254 e. The number of hydrogen-bond donors (Lipinski definition) is 2. The number of likely N-dealkylation sites (N-methyl/N-ethyl adjacent to an activating group) is 1. The van der Waals surface area contributed by atoms with Crippen LogP contribution in [0.15, 0.2) is 48.5 Å². The van der Waals surface area contributed by atoms with Gasteiger partial charge in [0.2, 0.25) is 11.8 Å². The van der Waals surface area contributed by atoms with Crippen LogP contribution in [0.4, 0.5) is 11.4 Å². The summed E-state index contributed by atoms with van der Waals surface area (Å²) < 4.78 is 5.11. The highest BCUT2D eigenvalue weighted by Gasteiger charge is 2.16. The second-order valence-electron chi connectivity index (χ2n) is 5.92. The van der Waals surface area contributed by atoms with Gasteiger partial charge in [0.25, 0.3) is 5.91 Å². The molecular weight excluding hydrogens is 346 g/mol. The SMILES string of the molecule is CCC(=O)Nc1cccc(C(=O)N(C)CC(=O)Nc2cccc(OC)c2)c1. The predicted octanol–water partition coefficient (Wildman–Crippen LogP) is 2.75. The van der Waals surface area contributed by atoms with Crippen molar-refractivity contribution in [1.82, 2.24) is 4.90 Å². The van der Waals surface area contributed by atoms with Crippen LogP contribution in [-0.2, 0) is 9.59 Å². The molecule has 0 saturated carbocycles. The second-order valence-corrected chi connectivity index (χ2v) is 5.92. The minimum Gasteiger partial charge on any atom is -0.497 e. The molecule has 7 heteroatoms. The van der Waals surface area contributed by atoms with Crippen molar-refractivity contribution in [1.29, 1.82) is 0 Å². The van der Waals surface area contributed by atoms with Crippen molar-refractivity contribution in [3.8, 4) is 5.75 Å². The summed E-state index contributed by atoms with van der Waals surface area (Å²) in [5.41, 5.74) is 1.52. The van der Waals surface area contributed by atoms with E-state index in [0.717, 1.165) is 0 Å². The number of rotatable bonds is 7. The highest BCUT2D eigenvalue weighted by molar-refractivity contribution is 6.00. The fourth-order valence-corrected chi connectivity index (χ4v) is 2.39. The van der Waals surface area contributed by atoms with E-state index in [0.29, 0.717) is 29.1 Å². The van der Waals surface area contributed by atoms with Crippen LogP contribution in [0.2, 0.25) is 0 Å². The van der Waals surface area contributed by atoms with E-state index in [1.807, 2.05) is 0 Å². The van der Waals surface area contributed by atoms with Crippen LogP contribution >= 0.6 is 0 Å². The maximum atomic E-state index is 12.6. The Morgan fingerprint density at radius 1 is 0.963 bits per heavy atom. The Morgan fingerprint density at radius 2 is 1.59 bits per heavy atom. The summed E-state index contributed by atoms with van der Waals surface area (Å²) in [6, 6.07) is 13.6. The average molecular weight is 369 g/mol. The molecule has 0 aliphatic heterocycles. The molecule has 2 aromatic carbocycles. The van der Waals surface area contributed by atoms with Crippen LogP contribution in [0.1, 0.15) is 23.7 Å². The van der Waals surface area contributed by atoms with Crippen molar-refractivity contribution in [3.63, 3.8) is 0 Å². The maximum absolute atomic E-state index is 12.6. The molecule has 0 bridgehead atoms. The molecule has 0 fully saturated rings. The van der Waals surface area contributed by atoms with E-state index < -0.39 is 0 Å². The molecule has 0 aromatic heterocycles. The lowest BCUT2D eigenvalue weighted by Crippen LogP contribution is -2.35. The number of methoxy groups -OCH3 is 1. The molecule has 2 aromatic rings. The quantitative estimate of drug-likeness (QED) is 0.786. The number of carbonyl (C=O) groups excluding carboxylic acids is 3. The highest BCUT2D eigenvalue weighted by Crippen LogP contribution is 2.17. The molecule has 3 amide bonds. The van der Waals surface area contributed by atoms with Crippen molar-refractivity contribution in [2.24, 2.45) is 0 Å². The Labute approximate surface area is 158 Å². The smallest absolute Gasteiger partial charge is 0.254 e. The van der Waals surface area contributed by atoms with Gasteiger partial charge in [-0.3, -0.25) is 14.4 Å². The number of ether oxygens (including phenoxy) is 1. The zero-order valence-corrected chi connectivity index (χ0v) is 15.6. The van der Waals surface area contributed by atoms with Gasteiger partial charge in [-0.25, -0.2) is 0 Å². The van der Waals surface area contributed by atoms with Crippen LogP contribution in [0.25, 0.3) is 0 Å². The Hall–Kier alpha value is -3.35. The Bertz CT molecular complexity index is 835. The summed E-state index contributed by atoms with van der Waals surface area (Å²) in [4.78, 5) is 37.6. The fourth-order valence-electron chi connectivity index (χ4n) is 2.39. The van der Waals surface area contributed by atoms with Crippen molar-refractivity contribution >= 4 is 29.1 Å². The van der Waals surface area contributed by atoms with Gasteiger partial charge in [-0.1, -0.05) is 19.1 Å². The lowest BCUT2D eigenvalue weighted by Gasteiger charge is -2.17. The molecule has 0 heterocycles. The topological polar surface area (TPSA) is 87.7 Å². The van der Waals surface area contributed by atoms with Crippen LogP contribution in [0.5, 0.6) is 5.75 Å². The average Bonchev–Trinajstić information content (AvgIpc) is 2.67. The highest BCUT2D eigenvalue weighted by atomic mass is 16.5. The first-order chi connectivity index (χ1) is 12.9. The molecule has 0 saturated heterocycles. The third-order valence-electron chi connectivity index (χ3n) is 3.80. The third-order valence-corrected chi connectivity index (χ3v) is 3.80. The van der Waals surface area contributed by atoms with Crippen molar-refractivity contribution in [3.05, 3.63) is 54.1 Å². The van der Waals surface area contributed by atoms with Crippen LogP contribution in [0.3, 0.4) is 0 Å². The number of carbonyl (C=O) groups is 3. The molecule has 2 N–H and O–H groups in total. The van der Waals surface area contributed by atoms with E-state index in [9.17, 15) is 14.4 Å². The molecule has 2 rings (SSSR count). The summed E-state index contributed by atoms with van der Waals surface area (Å²) in [7, 11) is 3.09. The van der Waals surface area contributed by atoms with Crippen molar-refractivity contribution in [2.75, 3.05) is 31.3 Å². The fraction of sp³-hybridized carbons (Fsp3) is 0.250. The van der Waals surface area contributed by atoms with Gasteiger partial charge in [-0.15, -0.1) is 0 Å². The molecule has 0 unspecified atom stereocenters. The van der Waals surface area contributed by atoms with Gasteiger partial charge in [0, 0.05) is 36.5 Å². The molecule has 0 aliphatic carbocycles. The summed E-state index contributed by atoms with van der Waals surface area (Å²) in [5, 5.41) is 5.44. The molecule has 0 radical (unpaired) electrons. The summed E-state index contributed by atoms with van der Waals surface area (Å²) in [6.45, 7) is 1.64. The Kier molecular flexibility index (Phi) is 6.93. The van der Waals surface area contributed by atoms with Crippen LogP contribution < -0.4 is 15.4 Å².